The predicted molar refractivity (Wildman–Crippen MR) is 92.7 cm³/mol. The molecular weight excluding hydrogens is 302 g/mol. The molecule has 1 aromatic heterocycles. The topological polar surface area (TPSA) is 51.5 Å². The first-order valence-corrected chi connectivity index (χ1v) is 8.78. The quantitative estimate of drug-likeness (QED) is 0.867. The Bertz CT molecular complexity index is 811. The van der Waals surface area contributed by atoms with Crippen LogP contribution in [0.4, 0.5) is 0 Å². The molecule has 4 nitrogen and oxygen atoms in total. The molecule has 1 aliphatic carbocycles. The van der Waals surface area contributed by atoms with Gasteiger partial charge in [0, 0.05) is 31.6 Å². The van der Waals surface area contributed by atoms with Crippen molar-refractivity contribution in [1.29, 1.82) is 0 Å². The van der Waals surface area contributed by atoms with Gasteiger partial charge in [0.25, 0.3) is 0 Å². The van der Waals surface area contributed by atoms with Crippen LogP contribution in [0.5, 0.6) is 0 Å². The summed E-state index contributed by atoms with van der Waals surface area (Å²) < 4.78 is 7.72. The van der Waals surface area contributed by atoms with E-state index in [1.54, 1.807) is 0 Å². The number of hydrogen-bond acceptors (Lipinski definition) is 3. The Hall–Kier alpha value is -2.23. The number of hydrogen-bond donors (Lipinski definition) is 1. The maximum Gasteiger partial charge on any atom is 0.338 e. The molecule has 2 heterocycles. The number of carbonyl (C=O) groups excluding carboxylic acids is 1. The standard InChI is InChI=1S/C20H23NO3/c1-21-9-8-15-10-13(6-7-17(15)21)11-16-18(22)12-19(24-20(16)23)14-4-2-3-5-14/h6-10,14,19,22H,2-5,11-12H2,1H3. The van der Waals surface area contributed by atoms with E-state index in [-0.39, 0.29) is 17.8 Å². The monoisotopic (exact) mass is 325 g/mol. The van der Waals surface area contributed by atoms with Crippen LogP contribution in [0.25, 0.3) is 10.9 Å². The smallest absolute Gasteiger partial charge is 0.338 e. The molecule has 0 saturated heterocycles. The number of aromatic nitrogens is 1. The second-order valence-corrected chi connectivity index (χ2v) is 7.11. The zero-order valence-corrected chi connectivity index (χ0v) is 14.0. The fourth-order valence-corrected chi connectivity index (χ4v) is 4.09. The fourth-order valence-electron chi connectivity index (χ4n) is 4.09. The molecule has 1 unspecified atom stereocenters. The lowest BCUT2D eigenvalue weighted by molar-refractivity contribution is -0.149. The molecule has 1 aromatic carbocycles. The number of benzene rings is 1. The molecule has 126 valence electrons. The summed E-state index contributed by atoms with van der Waals surface area (Å²) in [6, 6.07) is 8.20. The number of aryl methyl sites for hydroxylation is 1. The Morgan fingerprint density at radius 2 is 2.04 bits per heavy atom. The largest absolute Gasteiger partial charge is 0.512 e. The van der Waals surface area contributed by atoms with Gasteiger partial charge in [0.15, 0.2) is 0 Å². The van der Waals surface area contributed by atoms with E-state index < -0.39 is 0 Å². The maximum absolute atomic E-state index is 12.4. The van der Waals surface area contributed by atoms with Gasteiger partial charge in [-0.15, -0.1) is 0 Å². The normalized spacial score (nSPS) is 22.4. The van der Waals surface area contributed by atoms with E-state index in [9.17, 15) is 9.90 Å². The van der Waals surface area contributed by atoms with Gasteiger partial charge in [0.05, 0.1) is 5.57 Å². The summed E-state index contributed by atoms with van der Waals surface area (Å²) in [6.07, 6.45) is 7.38. The first-order chi connectivity index (χ1) is 11.6. The van der Waals surface area contributed by atoms with Gasteiger partial charge in [0.1, 0.15) is 11.9 Å². The van der Waals surface area contributed by atoms with E-state index >= 15 is 0 Å². The second-order valence-electron chi connectivity index (χ2n) is 7.11. The minimum atomic E-state index is -0.344. The fraction of sp³-hybridized carbons (Fsp3) is 0.450. The van der Waals surface area contributed by atoms with Crippen molar-refractivity contribution in [3.05, 3.63) is 47.4 Å². The third-order valence-corrected chi connectivity index (χ3v) is 5.50. The maximum atomic E-state index is 12.4. The minimum absolute atomic E-state index is 0.139. The summed E-state index contributed by atoms with van der Waals surface area (Å²) in [4.78, 5) is 12.4. The van der Waals surface area contributed by atoms with Crippen LogP contribution in [0.2, 0.25) is 0 Å². The van der Waals surface area contributed by atoms with E-state index in [1.165, 1.54) is 12.8 Å². The summed E-state index contributed by atoms with van der Waals surface area (Å²) in [7, 11) is 2.01. The van der Waals surface area contributed by atoms with Gasteiger partial charge in [-0.1, -0.05) is 18.9 Å². The highest BCUT2D eigenvalue weighted by Crippen LogP contribution is 2.35. The summed E-state index contributed by atoms with van der Waals surface area (Å²) in [5, 5.41) is 11.6. The number of rotatable bonds is 3. The Morgan fingerprint density at radius 1 is 1.25 bits per heavy atom. The van der Waals surface area contributed by atoms with Crippen LogP contribution in [-0.2, 0) is 23.0 Å². The van der Waals surface area contributed by atoms with Crippen molar-refractivity contribution in [2.45, 2.75) is 44.6 Å². The minimum Gasteiger partial charge on any atom is -0.512 e. The number of nitrogens with zero attached hydrogens (tertiary/aromatic N) is 1. The lowest BCUT2D eigenvalue weighted by Gasteiger charge is -2.28. The average Bonchev–Trinajstić information content (AvgIpc) is 3.21. The molecule has 2 aliphatic rings. The first kappa shape index (κ1) is 15.3. The molecule has 1 aliphatic heterocycles. The highest BCUT2D eigenvalue weighted by atomic mass is 16.5. The third kappa shape index (κ3) is 2.70. The van der Waals surface area contributed by atoms with Crippen LogP contribution < -0.4 is 0 Å². The highest BCUT2D eigenvalue weighted by Gasteiger charge is 2.35. The first-order valence-electron chi connectivity index (χ1n) is 8.78. The van der Waals surface area contributed by atoms with Gasteiger partial charge in [-0.25, -0.2) is 4.79 Å². The Labute approximate surface area is 141 Å². The average molecular weight is 325 g/mol. The molecule has 4 heteroatoms. The van der Waals surface area contributed by atoms with Crippen LogP contribution in [0.15, 0.2) is 41.8 Å². The van der Waals surface area contributed by atoms with Gasteiger partial charge in [-0.2, -0.15) is 0 Å². The molecule has 2 aromatic rings. The lowest BCUT2D eigenvalue weighted by Crippen LogP contribution is -2.32. The number of aliphatic hydroxyl groups excluding tert-OH is 1. The van der Waals surface area contributed by atoms with Gasteiger partial charge in [-0.05, 0) is 47.9 Å². The van der Waals surface area contributed by atoms with Crippen molar-refractivity contribution in [2.75, 3.05) is 0 Å². The van der Waals surface area contributed by atoms with Gasteiger partial charge < -0.3 is 14.4 Å². The zero-order valence-electron chi connectivity index (χ0n) is 14.0. The third-order valence-electron chi connectivity index (χ3n) is 5.50. The molecule has 0 radical (unpaired) electrons. The van der Waals surface area contributed by atoms with E-state index in [0.29, 0.717) is 24.3 Å². The number of carbonyl (C=O) groups is 1. The van der Waals surface area contributed by atoms with Crippen molar-refractivity contribution in [2.24, 2.45) is 13.0 Å². The zero-order chi connectivity index (χ0) is 16.7. The molecule has 0 bridgehead atoms. The molecule has 1 saturated carbocycles. The molecule has 1 N–H and O–H groups in total. The Balaban J connectivity index is 1.55. The van der Waals surface area contributed by atoms with Crippen molar-refractivity contribution in [3.63, 3.8) is 0 Å². The summed E-state index contributed by atoms with van der Waals surface area (Å²) in [5.41, 5.74) is 2.59. The molecular formula is C20H23NO3. The second kappa shape index (κ2) is 6.00. The van der Waals surface area contributed by atoms with Gasteiger partial charge in [0.2, 0.25) is 0 Å². The summed E-state index contributed by atoms with van der Waals surface area (Å²) in [5.74, 6) is 0.290. The Morgan fingerprint density at radius 3 is 2.79 bits per heavy atom. The van der Waals surface area contributed by atoms with Crippen LogP contribution in [0.3, 0.4) is 0 Å². The molecule has 0 spiro atoms. The van der Waals surface area contributed by atoms with E-state index in [1.807, 2.05) is 19.3 Å². The predicted octanol–water partition coefficient (Wildman–Crippen LogP) is 4.04. The number of cyclic esters (lactones) is 1. The number of fused-ring (bicyclic) bond motifs is 1. The van der Waals surface area contributed by atoms with Crippen LogP contribution >= 0.6 is 0 Å². The van der Waals surface area contributed by atoms with Crippen molar-refractivity contribution >= 4 is 16.9 Å². The lowest BCUT2D eigenvalue weighted by atomic mass is 9.92. The van der Waals surface area contributed by atoms with E-state index in [0.717, 1.165) is 29.3 Å². The van der Waals surface area contributed by atoms with E-state index in [4.69, 9.17) is 4.74 Å². The van der Waals surface area contributed by atoms with Gasteiger partial charge in [-0.3, -0.25) is 0 Å². The van der Waals surface area contributed by atoms with Crippen molar-refractivity contribution in [3.8, 4) is 0 Å². The Kier molecular flexibility index (Phi) is 3.83. The van der Waals surface area contributed by atoms with Crippen molar-refractivity contribution in [1.82, 2.24) is 4.57 Å². The summed E-state index contributed by atoms with van der Waals surface area (Å²) in [6.45, 7) is 0. The van der Waals surface area contributed by atoms with E-state index in [2.05, 4.69) is 22.8 Å². The molecule has 24 heavy (non-hydrogen) atoms. The molecule has 1 atom stereocenters. The molecule has 4 rings (SSSR count). The summed E-state index contributed by atoms with van der Waals surface area (Å²) >= 11 is 0. The highest BCUT2D eigenvalue weighted by molar-refractivity contribution is 5.91. The number of esters is 1. The van der Waals surface area contributed by atoms with Crippen LogP contribution in [-0.4, -0.2) is 21.7 Å². The van der Waals surface area contributed by atoms with Gasteiger partial charge >= 0.3 is 5.97 Å². The SMILES string of the molecule is Cn1ccc2cc(CC3=C(O)CC(C4CCCC4)OC3=O)ccc21. The van der Waals surface area contributed by atoms with Crippen LogP contribution in [0, 0.1) is 5.92 Å². The van der Waals surface area contributed by atoms with Crippen molar-refractivity contribution < 1.29 is 14.6 Å². The number of ether oxygens (including phenoxy) is 1. The molecule has 0 amide bonds. The molecule has 1 fully saturated rings. The number of aliphatic hydroxyl groups is 1. The van der Waals surface area contributed by atoms with Crippen LogP contribution in [0.1, 0.15) is 37.7 Å².